The third-order valence-electron chi connectivity index (χ3n) is 10.8. The van der Waals surface area contributed by atoms with Gasteiger partial charge >= 0.3 is 0 Å². The molecule has 4 saturated carbocycles. The fourth-order valence-electron chi connectivity index (χ4n) is 9.16. The molecule has 2 nitrogen and oxygen atoms in total. The highest BCUT2D eigenvalue weighted by molar-refractivity contribution is 5.84. The number of hydrogen-bond acceptors (Lipinski definition) is 2. The minimum absolute atomic E-state index is 0.114. The van der Waals surface area contributed by atoms with E-state index in [1.165, 1.54) is 51.4 Å². The smallest absolute Gasteiger partial charge is 0.161 e. The first-order valence-electron chi connectivity index (χ1n) is 12.9. The Kier molecular flexibility index (Phi) is 5.99. The molecule has 2 unspecified atom stereocenters. The molecule has 1 N–H and O–H groups in total. The highest BCUT2D eigenvalue weighted by atomic mass is 16.3. The molecule has 29 heavy (non-hydrogen) atoms. The molecular weight excluding hydrogens is 356 g/mol. The van der Waals surface area contributed by atoms with Gasteiger partial charge in [0.15, 0.2) is 5.78 Å². The lowest BCUT2D eigenvalue weighted by atomic mass is 9.44. The van der Waals surface area contributed by atoms with Gasteiger partial charge in [0.2, 0.25) is 0 Å². The molecule has 2 heteroatoms. The number of carbonyl (C=O) groups is 1. The van der Waals surface area contributed by atoms with E-state index < -0.39 is 6.10 Å². The van der Waals surface area contributed by atoms with E-state index in [1.807, 2.05) is 0 Å². The van der Waals surface area contributed by atoms with Crippen molar-refractivity contribution < 1.29 is 9.90 Å². The summed E-state index contributed by atoms with van der Waals surface area (Å²) < 4.78 is 0. The van der Waals surface area contributed by atoms with Crippen molar-refractivity contribution in [2.45, 2.75) is 111 Å². The molecule has 0 spiro atoms. The second-order valence-electron chi connectivity index (χ2n) is 12.5. The van der Waals surface area contributed by atoms with Crippen LogP contribution < -0.4 is 0 Å². The summed E-state index contributed by atoms with van der Waals surface area (Å²) in [7, 11) is 0. The maximum absolute atomic E-state index is 12.2. The second kappa shape index (κ2) is 7.95. The third kappa shape index (κ3) is 3.54. The molecule has 4 rings (SSSR count). The number of ketones is 1. The molecule has 0 aromatic heterocycles. The van der Waals surface area contributed by atoms with Crippen molar-refractivity contribution in [3.8, 4) is 0 Å². The molecule has 4 aliphatic rings. The fourth-order valence-corrected chi connectivity index (χ4v) is 9.16. The number of aliphatic hydroxyl groups is 1. The molecule has 0 aliphatic heterocycles. The zero-order valence-corrected chi connectivity index (χ0v) is 19.8. The third-order valence-corrected chi connectivity index (χ3v) is 10.8. The summed E-state index contributed by atoms with van der Waals surface area (Å²) in [6.45, 7) is 12.3. The van der Waals surface area contributed by atoms with E-state index in [0.717, 1.165) is 48.3 Å². The largest absolute Gasteiger partial charge is 0.385 e. The Hall–Kier alpha value is -0.370. The molecule has 4 aliphatic carbocycles. The van der Waals surface area contributed by atoms with E-state index in [2.05, 4.69) is 34.6 Å². The summed E-state index contributed by atoms with van der Waals surface area (Å²) in [6, 6.07) is 0. The maximum Gasteiger partial charge on any atom is 0.161 e. The highest BCUT2D eigenvalue weighted by Gasteiger charge is 2.61. The molecular formula is C27H46O2. The summed E-state index contributed by atoms with van der Waals surface area (Å²) in [5.74, 6) is 5.39. The maximum atomic E-state index is 12.2. The Labute approximate surface area is 179 Å². The minimum Gasteiger partial charge on any atom is -0.385 e. The first-order valence-corrected chi connectivity index (χ1v) is 12.9. The van der Waals surface area contributed by atoms with Crippen molar-refractivity contribution in [2.75, 3.05) is 0 Å². The summed E-state index contributed by atoms with van der Waals surface area (Å²) in [5.41, 5.74) is 0.725. The first-order chi connectivity index (χ1) is 13.7. The van der Waals surface area contributed by atoms with Crippen LogP contribution >= 0.6 is 0 Å². The quantitative estimate of drug-likeness (QED) is 0.559. The molecule has 0 aromatic rings. The van der Waals surface area contributed by atoms with Crippen molar-refractivity contribution >= 4 is 5.78 Å². The molecule has 0 heterocycles. The number of fused-ring (bicyclic) bond motifs is 5. The van der Waals surface area contributed by atoms with Crippen LogP contribution in [0.15, 0.2) is 0 Å². The van der Waals surface area contributed by atoms with Crippen LogP contribution in [0.25, 0.3) is 0 Å². The van der Waals surface area contributed by atoms with Crippen LogP contribution in [0.5, 0.6) is 0 Å². The Morgan fingerprint density at radius 3 is 2.31 bits per heavy atom. The lowest BCUT2D eigenvalue weighted by molar-refractivity contribution is -0.163. The summed E-state index contributed by atoms with van der Waals surface area (Å²) in [4.78, 5) is 12.2. The second-order valence-corrected chi connectivity index (χ2v) is 12.5. The topological polar surface area (TPSA) is 37.3 Å². The lowest BCUT2D eigenvalue weighted by Crippen LogP contribution is -2.57. The van der Waals surface area contributed by atoms with E-state index in [-0.39, 0.29) is 17.1 Å². The van der Waals surface area contributed by atoms with Gasteiger partial charge in [-0.3, -0.25) is 4.79 Å². The molecule has 0 radical (unpaired) electrons. The Morgan fingerprint density at radius 2 is 1.59 bits per heavy atom. The summed E-state index contributed by atoms with van der Waals surface area (Å²) >= 11 is 0. The van der Waals surface area contributed by atoms with Crippen LogP contribution in [0, 0.1) is 52.3 Å². The normalized spacial score (nSPS) is 48.2. The molecule has 4 fully saturated rings. The van der Waals surface area contributed by atoms with Crippen molar-refractivity contribution in [1.29, 1.82) is 0 Å². The Morgan fingerprint density at radius 1 is 0.897 bits per heavy atom. The van der Waals surface area contributed by atoms with Gasteiger partial charge in [-0.2, -0.15) is 0 Å². The predicted molar refractivity (Wildman–Crippen MR) is 119 cm³/mol. The zero-order chi connectivity index (χ0) is 21.0. The monoisotopic (exact) mass is 402 g/mol. The number of carbonyl (C=O) groups excluding carboxylic acids is 1. The summed E-state index contributed by atoms with van der Waals surface area (Å²) in [5, 5.41) is 10.7. The Balaban J connectivity index is 1.48. The van der Waals surface area contributed by atoms with Gasteiger partial charge in [-0.25, -0.2) is 0 Å². The van der Waals surface area contributed by atoms with Gasteiger partial charge in [0.25, 0.3) is 0 Å². The van der Waals surface area contributed by atoms with Gasteiger partial charge in [-0.1, -0.05) is 53.9 Å². The molecule has 0 aromatic carbocycles. The van der Waals surface area contributed by atoms with Crippen LogP contribution in [-0.2, 0) is 4.79 Å². The van der Waals surface area contributed by atoms with Gasteiger partial charge in [-0.15, -0.1) is 0 Å². The molecule has 166 valence electrons. The zero-order valence-electron chi connectivity index (χ0n) is 19.8. The van der Waals surface area contributed by atoms with Crippen molar-refractivity contribution in [1.82, 2.24) is 0 Å². The Bertz CT molecular complexity index is 612. The average molecular weight is 403 g/mol. The van der Waals surface area contributed by atoms with E-state index in [0.29, 0.717) is 11.8 Å². The molecule has 0 amide bonds. The lowest BCUT2D eigenvalue weighted by Gasteiger charge is -2.61. The van der Waals surface area contributed by atoms with Crippen molar-refractivity contribution in [2.24, 2.45) is 52.3 Å². The van der Waals surface area contributed by atoms with Crippen molar-refractivity contribution in [3.05, 3.63) is 0 Å². The molecule has 9 atom stereocenters. The van der Waals surface area contributed by atoms with Crippen LogP contribution in [0.4, 0.5) is 0 Å². The van der Waals surface area contributed by atoms with Gasteiger partial charge in [-0.05, 0) is 97.2 Å². The molecule has 0 bridgehead atoms. The predicted octanol–water partition coefficient (Wildman–Crippen LogP) is 6.65. The number of hydrogen-bond donors (Lipinski definition) is 1. The van der Waals surface area contributed by atoms with Crippen LogP contribution in [0.1, 0.15) is 105 Å². The van der Waals surface area contributed by atoms with E-state index in [4.69, 9.17) is 0 Å². The van der Waals surface area contributed by atoms with E-state index in [1.54, 1.807) is 0 Å². The number of Topliss-reactive ketones (excluding diaryl/α,β-unsaturated/α-hetero) is 1. The standard InChI is InChI=1S/C27H46O2/c1-17(2)7-6-8-18(3)20-11-12-21-19-9-10-23-25(29)24(28)14-16-27(23,5)22(19)13-15-26(20,21)4/h17-23,25,29H,6-16H2,1-5H3/t18-,19+,20-,21+,22+,23?,25?,26-,27-/m1/s1. The van der Waals surface area contributed by atoms with Crippen LogP contribution in [-0.4, -0.2) is 17.0 Å². The SMILES string of the molecule is CC(C)CCC[C@@H](C)[C@H]1CC[C@H]2[C@@H]3CCC4C(O)C(=O)CC[C@]4(C)[C@H]3CC[C@]12C. The van der Waals surface area contributed by atoms with Gasteiger partial charge in [0.05, 0.1) is 0 Å². The van der Waals surface area contributed by atoms with Gasteiger partial charge < -0.3 is 5.11 Å². The van der Waals surface area contributed by atoms with E-state index >= 15 is 0 Å². The van der Waals surface area contributed by atoms with Crippen LogP contribution in [0.2, 0.25) is 0 Å². The van der Waals surface area contributed by atoms with Crippen LogP contribution in [0.3, 0.4) is 0 Å². The molecule has 0 saturated heterocycles. The van der Waals surface area contributed by atoms with Gasteiger partial charge in [0.1, 0.15) is 6.10 Å². The number of aliphatic hydroxyl groups excluding tert-OH is 1. The highest BCUT2D eigenvalue weighted by Crippen LogP contribution is 2.68. The van der Waals surface area contributed by atoms with E-state index in [9.17, 15) is 9.90 Å². The average Bonchev–Trinajstić information content (AvgIpc) is 3.02. The fraction of sp³-hybridized carbons (Fsp3) is 0.963. The minimum atomic E-state index is -0.680. The number of rotatable bonds is 5. The van der Waals surface area contributed by atoms with Crippen molar-refractivity contribution in [3.63, 3.8) is 0 Å². The van der Waals surface area contributed by atoms with Gasteiger partial charge in [0, 0.05) is 6.42 Å². The first kappa shape index (κ1) is 21.8. The summed E-state index contributed by atoms with van der Waals surface area (Å²) in [6.07, 6.45) is 13.0.